The lowest BCUT2D eigenvalue weighted by atomic mass is 9.98. The van der Waals surface area contributed by atoms with E-state index in [-0.39, 0.29) is 5.91 Å². The van der Waals surface area contributed by atoms with Gasteiger partial charge in [0.05, 0.1) is 18.7 Å². The summed E-state index contributed by atoms with van der Waals surface area (Å²) in [6.07, 6.45) is 5.44. The third kappa shape index (κ3) is 4.33. The maximum atomic E-state index is 12.6. The van der Waals surface area contributed by atoms with E-state index in [1.54, 1.807) is 0 Å². The number of hydrogen-bond donors (Lipinski definition) is 1. The van der Waals surface area contributed by atoms with Gasteiger partial charge in [-0.2, -0.15) is 0 Å². The van der Waals surface area contributed by atoms with Gasteiger partial charge in [-0.05, 0) is 37.9 Å². The van der Waals surface area contributed by atoms with Gasteiger partial charge < -0.3 is 15.0 Å². The van der Waals surface area contributed by atoms with Crippen molar-refractivity contribution in [3.05, 3.63) is 53.1 Å². The molecule has 2 aromatic rings. The standard InChI is InChI=1S/C22H28N4O2/c1-16-5-2-3-7-20(16)28-12-9-21(27)26-11-8-19-18(15-26)14-24-22(25-19)17-6-4-10-23-13-17/h2-3,5,7,14,17,23H,4,6,8-13,15H2,1H3. The van der Waals surface area contributed by atoms with Crippen LogP contribution in [0.15, 0.2) is 30.5 Å². The topological polar surface area (TPSA) is 67.3 Å². The molecule has 1 amide bonds. The van der Waals surface area contributed by atoms with Crippen molar-refractivity contribution in [1.29, 1.82) is 0 Å². The summed E-state index contributed by atoms with van der Waals surface area (Å²) in [5.41, 5.74) is 3.27. The number of benzene rings is 1. The molecule has 1 unspecified atom stereocenters. The van der Waals surface area contributed by atoms with Crippen molar-refractivity contribution in [2.24, 2.45) is 0 Å². The van der Waals surface area contributed by atoms with Crippen LogP contribution in [0.2, 0.25) is 0 Å². The number of carbonyl (C=O) groups is 1. The van der Waals surface area contributed by atoms with Gasteiger partial charge in [0.2, 0.25) is 5.91 Å². The molecule has 148 valence electrons. The van der Waals surface area contributed by atoms with Gasteiger partial charge in [-0.15, -0.1) is 0 Å². The van der Waals surface area contributed by atoms with Crippen molar-refractivity contribution in [1.82, 2.24) is 20.2 Å². The number of rotatable bonds is 5. The molecule has 28 heavy (non-hydrogen) atoms. The predicted molar refractivity (Wildman–Crippen MR) is 107 cm³/mol. The molecule has 1 atom stereocenters. The number of aryl methyl sites for hydroxylation is 1. The van der Waals surface area contributed by atoms with Crippen molar-refractivity contribution in [2.45, 2.75) is 45.1 Å². The number of nitrogens with zero attached hydrogens (tertiary/aromatic N) is 3. The molecule has 0 radical (unpaired) electrons. The van der Waals surface area contributed by atoms with Crippen LogP contribution in [0.3, 0.4) is 0 Å². The molecule has 1 aromatic carbocycles. The lowest BCUT2D eigenvalue weighted by molar-refractivity contribution is -0.132. The van der Waals surface area contributed by atoms with Crippen LogP contribution in [-0.4, -0.2) is 47.0 Å². The molecule has 6 nitrogen and oxygen atoms in total. The molecular formula is C22H28N4O2. The van der Waals surface area contributed by atoms with Gasteiger partial charge in [0.15, 0.2) is 0 Å². The molecule has 4 rings (SSSR count). The number of piperidine rings is 1. The average Bonchev–Trinajstić information content (AvgIpc) is 2.75. The van der Waals surface area contributed by atoms with Gasteiger partial charge in [0.25, 0.3) is 0 Å². The fourth-order valence-corrected chi connectivity index (χ4v) is 3.94. The third-order valence-corrected chi connectivity index (χ3v) is 5.63. The Bertz CT molecular complexity index is 833. The molecular weight excluding hydrogens is 352 g/mol. The zero-order valence-corrected chi connectivity index (χ0v) is 16.5. The second kappa shape index (κ2) is 8.69. The van der Waals surface area contributed by atoms with Crippen LogP contribution < -0.4 is 10.1 Å². The number of hydrogen-bond acceptors (Lipinski definition) is 5. The quantitative estimate of drug-likeness (QED) is 0.864. The Morgan fingerprint density at radius 3 is 3.07 bits per heavy atom. The normalized spacial score (nSPS) is 19.2. The van der Waals surface area contributed by atoms with Crippen molar-refractivity contribution in [3.63, 3.8) is 0 Å². The maximum absolute atomic E-state index is 12.6. The van der Waals surface area contributed by atoms with Crippen LogP contribution in [-0.2, 0) is 17.8 Å². The van der Waals surface area contributed by atoms with Crippen LogP contribution in [0.4, 0.5) is 0 Å². The van der Waals surface area contributed by atoms with Gasteiger partial charge in [-0.1, -0.05) is 18.2 Å². The van der Waals surface area contributed by atoms with E-state index in [1.165, 1.54) is 6.42 Å². The minimum absolute atomic E-state index is 0.125. The van der Waals surface area contributed by atoms with Gasteiger partial charge in [0, 0.05) is 43.7 Å². The summed E-state index contributed by atoms with van der Waals surface area (Å²) >= 11 is 0. The highest BCUT2D eigenvalue weighted by Crippen LogP contribution is 2.23. The smallest absolute Gasteiger partial charge is 0.226 e. The molecule has 0 aliphatic carbocycles. The Morgan fingerprint density at radius 1 is 1.36 bits per heavy atom. The van der Waals surface area contributed by atoms with Crippen molar-refractivity contribution >= 4 is 5.91 Å². The SMILES string of the molecule is Cc1ccccc1OCCC(=O)N1CCc2nc(C3CCCNC3)ncc2C1. The predicted octanol–water partition coefficient (Wildman–Crippen LogP) is 2.61. The number of fused-ring (bicyclic) bond motifs is 1. The average molecular weight is 380 g/mol. The Balaban J connectivity index is 1.32. The molecule has 6 heteroatoms. The summed E-state index contributed by atoms with van der Waals surface area (Å²) in [5, 5.41) is 3.43. The van der Waals surface area contributed by atoms with E-state index >= 15 is 0 Å². The minimum atomic E-state index is 0.125. The first-order valence-corrected chi connectivity index (χ1v) is 10.2. The summed E-state index contributed by atoms with van der Waals surface area (Å²) in [6, 6.07) is 7.88. The fourth-order valence-electron chi connectivity index (χ4n) is 3.94. The molecule has 3 heterocycles. The molecule has 0 spiro atoms. The van der Waals surface area contributed by atoms with Crippen molar-refractivity contribution in [3.8, 4) is 5.75 Å². The molecule has 2 aliphatic heterocycles. The van der Waals surface area contributed by atoms with Crippen LogP contribution in [0.25, 0.3) is 0 Å². The third-order valence-electron chi connectivity index (χ3n) is 5.63. The molecule has 1 aromatic heterocycles. The molecule has 1 fully saturated rings. The van der Waals surface area contributed by atoms with E-state index in [0.717, 1.165) is 60.9 Å². The second-order valence-electron chi connectivity index (χ2n) is 7.67. The van der Waals surface area contributed by atoms with E-state index in [4.69, 9.17) is 9.72 Å². The number of amides is 1. The van der Waals surface area contributed by atoms with E-state index in [9.17, 15) is 4.79 Å². The van der Waals surface area contributed by atoms with Crippen LogP contribution in [0, 0.1) is 6.92 Å². The monoisotopic (exact) mass is 380 g/mol. The highest BCUT2D eigenvalue weighted by atomic mass is 16.5. The Labute approximate surface area is 166 Å². The first-order chi connectivity index (χ1) is 13.7. The number of ether oxygens (including phenoxy) is 1. The minimum Gasteiger partial charge on any atom is -0.493 e. The molecule has 2 aliphatic rings. The van der Waals surface area contributed by atoms with Gasteiger partial charge in [-0.25, -0.2) is 9.97 Å². The lowest BCUT2D eigenvalue weighted by Gasteiger charge is -2.29. The van der Waals surface area contributed by atoms with Crippen LogP contribution in [0.1, 0.15) is 47.8 Å². The first-order valence-electron chi connectivity index (χ1n) is 10.2. The summed E-state index contributed by atoms with van der Waals surface area (Å²) in [6.45, 7) is 5.78. The van der Waals surface area contributed by atoms with E-state index in [0.29, 0.717) is 25.5 Å². The zero-order chi connectivity index (χ0) is 19.3. The summed E-state index contributed by atoms with van der Waals surface area (Å²) in [5.74, 6) is 2.34. The van der Waals surface area contributed by atoms with E-state index in [2.05, 4.69) is 10.3 Å². The second-order valence-corrected chi connectivity index (χ2v) is 7.67. The Morgan fingerprint density at radius 2 is 2.25 bits per heavy atom. The summed E-state index contributed by atoms with van der Waals surface area (Å²) in [7, 11) is 0. The largest absolute Gasteiger partial charge is 0.493 e. The van der Waals surface area contributed by atoms with Gasteiger partial charge in [0.1, 0.15) is 11.6 Å². The summed E-state index contributed by atoms with van der Waals surface area (Å²) < 4.78 is 5.77. The highest BCUT2D eigenvalue weighted by molar-refractivity contribution is 5.76. The first kappa shape index (κ1) is 18.9. The number of aromatic nitrogens is 2. The van der Waals surface area contributed by atoms with E-state index in [1.807, 2.05) is 42.3 Å². The van der Waals surface area contributed by atoms with Gasteiger partial charge >= 0.3 is 0 Å². The molecule has 0 bridgehead atoms. The zero-order valence-electron chi connectivity index (χ0n) is 16.5. The van der Waals surface area contributed by atoms with Crippen LogP contribution in [0.5, 0.6) is 5.75 Å². The van der Waals surface area contributed by atoms with Crippen molar-refractivity contribution < 1.29 is 9.53 Å². The fraction of sp³-hybridized carbons (Fsp3) is 0.500. The van der Waals surface area contributed by atoms with E-state index < -0.39 is 0 Å². The Hall–Kier alpha value is -2.47. The molecule has 1 N–H and O–H groups in total. The van der Waals surface area contributed by atoms with Crippen LogP contribution >= 0.6 is 0 Å². The van der Waals surface area contributed by atoms with Crippen molar-refractivity contribution in [2.75, 3.05) is 26.2 Å². The number of carbonyl (C=O) groups excluding carboxylic acids is 1. The molecule has 0 saturated carbocycles. The molecule has 1 saturated heterocycles. The lowest BCUT2D eigenvalue weighted by Crippen LogP contribution is -2.37. The number of nitrogens with one attached hydrogen (secondary N) is 1. The maximum Gasteiger partial charge on any atom is 0.226 e. The number of para-hydroxylation sites is 1. The van der Waals surface area contributed by atoms with Gasteiger partial charge in [-0.3, -0.25) is 4.79 Å². The Kier molecular flexibility index (Phi) is 5.86. The highest BCUT2D eigenvalue weighted by Gasteiger charge is 2.24. The summed E-state index contributed by atoms with van der Waals surface area (Å²) in [4.78, 5) is 23.9.